The Hall–Kier alpha value is -0.610. The first kappa shape index (κ1) is 10.9. The molecule has 1 aromatic rings. The van der Waals surface area contributed by atoms with E-state index in [9.17, 15) is 0 Å². The Kier molecular flexibility index (Phi) is 3.59. The lowest BCUT2D eigenvalue weighted by molar-refractivity contribution is 0.631. The van der Waals surface area contributed by atoms with E-state index < -0.39 is 0 Å². The zero-order chi connectivity index (χ0) is 10.7. The van der Waals surface area contributed by atoms with Crippen molar-refractivity contribution in [3.05, 3.63) is 11.1 Å². The van der Waals surface area contributed by atoms with Crippen molar-refractivity contribution in [2.45, 2.75) is 32.7 Å². The van der Waals surface area contributed by atoms with Crippen LogP contribution in [0.2, 0.25) is 0 Å². The van der Waals surface area contributed by atoms with Crippen LogP contribution in [0.3, 0.4) is 0 Å². The molecule has 1 aliphatic heterocycles. The standard InChI is InChI=1S/C11H19N3S/c1-3-14(4-2)11-13-10(8-15-11)9-6-5-7-12-9/h8-9,12H,3-7H2,1-2H3. The van der Waals surface area contributed by atoms with Crippen molar-refractivity contribution in [1.82, 2.24) is 10.3 Å². The minimum absolute atomic E-state index is 0.505. The van der Waals surface area contributed by atoms with Crippen molar-refractivity contribution in [2.75, 3.05) is 24.5 Å². The predicted octanol–water partition coefficient (Wildman–Crippen LogP) is 2.41. The smallest absolute Gasteiger partial charge is 0.185 e. The monoisotopic (exact) mass is 225 g/mol. The van der Waals surface area contributed by atoms with E-state index in [2.05, 4.69) is 29.4 Å². The number of thiazole rings is 1. The summed E-state index contributed by atoms with van der Waals surface area (Å²) in [5, 5.41) is 6.86. The Labute approximate surface area is 95.5 Å². The van der Waals surface area contributed by atoms with Gasteiger partial charge in [0.1, 0.15) is 0 Å². The molecule has 1 aliphatic rings. The quantitative estimate of drug-likeness (QED) is 0.853. The van der Waals surface area contributed by atoms with Crippen molar-refractivity contribution in [2.24, 2.45) is 0 Å². The Morgan fingerprint density at radius 3 is 2.93 bits per heavy atom. The van der Waals surface area contributed by atoms with E-state index in [-0.39, 0.29) is 0 Å². The molecule has 0 aromatic carbocycles. The Morgan fingerprint density at radius 2 is 2.33 bits per heavy atom. The van der Waals surface area contributed by atoms with Gasteiger partial charge in [0.25, 0.3) is 0 Å². The molecule has 84 valence electrons. The van der Waals surface area contributed by atoms with E-state index in [1.165, 1.54) is 23.7 Å². The first-order valence-corrected chi connectivity index (χ1v) is 6.66. The van der Waals surface area contributed by atoms with Gasteiger partial charge in [0.2, 0.25) is 0 Å². The molecule has 0 amide bonds. The molecule has 1 saturated heterocycles. The summed E-state index contributed by atoms with van der Waals surface area (Å²) in [6.45, 7) is 7.59. The second kappa shape index (κ2) is 4.94. The molecule has 1 aromatic heterocycles. The fraction of sp³-hybridized carbons (Fsp3) is 0.727. The number of rotatable bonds is 4. The minimum Gasteiger partial charge on any atom is -0.349 e. The number of anilines is 1. The lowest BCUT2D eigenvalue weighted by Gasteiger charge is -2.16. The summed E-state index contributed by atoms with van der Waals surface area (Å²) in [6, 6.07) is 0.505. The molecule has 1 atom stereocenters. The summed E-state index contributed by atoms with van der Waals surface area (Å²) in [4.78, 5) is 7.02. The molecule has 1 unspecified atom stereocenters. The molecule has 0 spiro atoms. The maximum atomic E-state index is 4.72. The lowest BCUT2D eigenvalue weighted by Crippen LogP contribution is -2.22. The molecular formula is C11H19N3S. The highest BCUT2D eigenvalue weighted by atomic mass is 32.1. The fourth-order valence-electron chi connectivity index (χ4n) is 2.01. The Bertz CT molecular complexity index is 284. The second-order valence-corrected chi connectivity index (χ2v) is 4.71. The summed E-state index contributed by atoms with van der Waals surface area (Å²) in [7, 11) is 0. The van der Waals surface area contributed by atoms with Crippen LogP contribution >= 0.6 is 11.3 Å². The average Bonchev–Trinajstić information content (AvgIpc) is 2.89. The zero-order valence-corrected chi connectivity index (χ0v) is 10.3. The first-order chi connectivity index (χ1) is 7.35. The average molecular weight is 225 g/mol. The number of hydrogen-bond donors (Lipinski definition) is 1. The van der Waals surface area contributed by atoms with Crippen molar-refractivity contribution in [3.63, 3.8) is 0 Å². The van der Waals surface area contributed by atoms with Crippen LogP contribution in [0.25, 0.3) is 0 Å². The van der Waals surface area contributed by atoms with Crippen LogP contribution in [0.4, 0.5) is 5.13 Å². The Balaban J connectivity index is 2.08. The van der Waals surface area contributed by atoms with Gasteiger partial charge in [0, 0.05) is 18.5 Å². The van der Waals surface area contributed by atoms with Crippen molar-refractivity contribution in [1.29, 1.82) is 0 Å². The van der Waals surface area contributed by atoms with Gasteiger partial charge in [-0.1, -0.05) is 0 Å². The van der Waals surface area contributed by atoms with Crippen molar-refractivity contribution in [3.8, 4) is 0 Å². The third-order valence-electron chi connectivity index (χ3n) is 2.96. The van der Waals surface area contributed by atoms with Crippen LogP contribution in [0.15, 0.2) is 5.38 Å². The van der Waals surface area contributed by atoms with Gasteiger partial charge >= 0.3 is 0 Å². The third-order valence-corrected chi connectivity index (χ3v) is 3.88. The summed E-state index contributed by atoms with van der Waals surface area (Å²) in [6.07, 6.45) is 2.52. The maximum absolute atomic E-state index is 4.72. The second-order valence-electron chi connectivity index (χ2n) is 3.88. The number of hydrogen-bond acceptors (Lipinski definition) is 4. The zero-order valence-electron chi connectivity index (χ0n) is 9.49. The minimum atomic E-state index is 0.505. The molecule has 0 aliphatic carbocycles. The van der Waals surface area contributed by atoms with E-state index in [0.29, 0.717) is 6.04 Å². The van der Waals surface area contributed by atoms with E-state index in [1.807, 2.05) is 0 Å². The predicted molar refractivity (Wildman–Crippen MR) is 65.7 cm³/mol. The highest BCUT2D eigenvalue weighted by Crippen LogP contribution is 2.28. The summed E-state index contributed by atoms with van der Waals surface area (Å²) >= 11 is 1.77. The molecule has 3 nitrogen and oxygen atoms in total. The molecular weight excluding hydrogens is 206 g/mol. The fourth-order valence-corrected chi connectivity index (χ4v) is 3.02. The van der Waals surface area contributed by atoms with Gasteiger partial charge in [-0.3, -0.25) is 0 Å². The van der Waals surface area contributed by atoms with Gasteiger partial charge in [-0.2, -0.15) is 0 Å². The number of nitrogens with one attached hydrogen (secondary N) is 1. The maximum Gasteiger partial charge on any atom is 0.185 e. The van der Waals surface area contributed by atoms with Crippen LogP contribution in [0.1, 0.15) is 38.4 Å². The van der Waals surface area contributed by atoms with E-state index in [1.54, 1.807) is 11.3 Å². The van der Waals surface area contributed by atoms with Gasteiger partial charge in [0.15, 0.2) is 5.13 Å². The van der Waals surface area contributed by atoms with Gasteiger partial charge in [-0.25, -0.2) is 4.98 Å². The number of aromatic nitrogens is 1. The van der Waals surface area contributed by atoms with Gasteiger partial charge in [0.05, 0.1) is 11.7 Å². The van der Waals surface area contributed by atoms with E-state index in [4.69, 9.17) is 4.98 Å². The van der Waals surface area contributed by atoms with Crippen LogP contribution < -0.4 is 10.2 Å². The molecule has 1 fully saturated rings. The normalized spacial score (nSPS) is 20.8. The van der Waals surface area contributed by atoms with Crippen LogP contribution in [-0.4, -0.2) is 24.6 Å². The summed E-state index contributed by atoms with van der Waals surface area (Å²) < 4.78 is 0. The van der Waals surface area contributed by atoms with Crippen LogP contribution in [0.5, 0.6) is 0 Å². The van der Waals surface area contributed by atoms with E-state index >= 15 is 0 Å². The summed E-state index contributed by atoms with van der Waals surface area (Å²) in [5.74, 6) is 0. The van der Waals surface area contributed by atoms with Crippen molar-refractivity contribution < 1.29 is 0 Å². The lowest BCUT2D eigenvalue weighted by atomic mass is 10.2. The molecule has 0 radical (unpaired) electrons. The first-order valence-electron chi connectivity index (χ1n) is 5.79. The molecule has 1 N–H and O–H groups in total. The largest absolute Gasteiger partial charge is 0.349 e. The highest BCUT2D eigenvalue weighted by Gasteiger charge is 2.19. The molecule has 4 heteroatoms. The molecule has 0 saturated carbocycles. The Morgan fingerprint density at radius 1 is 1.53 bits per heavy atom. The topological polar surface area (TPSA) is 28.2 Å². The number of nitrogens with zero attached hydrogens (tertiary/aromatic N) is 2. The van der Waals surface area contributed by atoms with Crippen molar-refractivity contribution >= 4 is 16.5 Å². The molecule has 15 heavy (non-hydrogen) atoms. The highest BCUT2D eigenvalue weighted by molar-refractivity contribution is 7.13. The molecule has 2 heterocycles. The van der Waals surface area contributed by atoms with Gasteiger partial charge < -0.3 is 10.2 Å². The molecule has 2 rings (SSSR count). The summed E-state index contributed by atoms with van der Waals surface area (Å²) in [5.41, 5.74) is 1.24. The van der Waals surface area contributed by atoms with Crippen LogP contribution in [0, 0.1) is 0 Å². The SMILES string of the molecule is CCN(CC)c1nc(C2CCCN2)cs1. The van der Waals surface area contributed by atoms with Crippen LogP contribution in [-0.2, 0) is 0 Å². The van der Waals surface area contributed by atoms with E-state index in [0.717, 1.165) is 19.6 Å². The van der Waals surface area contributed by atoms with Gasteiger partial charge in [-0.05, 0) is 33.2 Å². The third kappa shape index (κ3) is 2.32. The van der Waals surface area contributed by atoms with Gasteiger partial charge in [-0.15, -0.1) is 11.3 Å². The molecule has 0 bridgehead atoms.